The summed E-state index contributed by atoms with van der Waals surface area (Å²) < 4.78 is 9.30. The Bertz CT molecular complexity index is 3640. The van der Waals surface area contributed by atoms with E-state index < -0.39 is 0 Å². The maximum atomic E-state index is 7.02. The molecule has 75 heavy (non-hydrogen) atoms. The van der Waals surface area contributed by atoms with Gasteiger partial charge in [-0.05, 0) is 112 Å². The molecule has 5 aromatic carbocycles. The lowest BCUT2D eigenvalue weighted by Gasteiger charge is -2.28. The molecule has 366 valence electrons. The molecule has 2 radical (unpaired) electrons. The second-order valence-corrected chi connectivity index (χ2v) is 21.0. The van der Waals surface area contributed by atoms with Gasteiger partial charge in [-0.2, -0.15) is 0 Å². The van der Waals surface area contributed by atoms with E-state index in [4.69, 9.17) is 14.7 Å². The van der Waals surface area contributed by atoms with Crippen molar-refractivity contribution in [2.75, 3.05) is 16.5 Å². The molecular formula is C65H59B2N7O. The van der Waals surface area contributed by atoms with Crippen LogP contribution in [0.1, 0.15) is 63.8 Å². The van der Waals surface area contributed by atoms with Crippen molar-refractivity contribution < 1.29 is 4.74 Å². The predicted octanol–water partition coefficient (Wildman–Crippen LogP) is 15.3. The van der Waals surface area contributed by atoms with Gasteiger partial charge in [-0.25, -0.2) is 9.97 Å². The van der Waals surface area contributed by atoms with Gasteiger partial charge < -0.3 is 25.2 Å². The van der Waals surface area contributed by atoms with Crippen LogP contribution < -0.4 is 25.2 Å². The van der Waals surface area contributed by atoms with E-state index in [1.165, 1.54) is 16.5 Å². The SMILES string of the molecule is CC(C)(C)c1ccnc(-n2c3ccc(C(C)(C)C)cc3c3ccc(Oc4cc(N5CN(c6c(/C7=C/C=C\N/C=C\C=C/[B]7)cccc6/C6=C/C=C\N/C=C\C=C/[B]6)c6ccccc65)cc(-c5ccccc5)n4)cc32)c1. The topological polar surface area (TPSA) is 70.5 Å². The van der Waals surface area contributed by atoms with E-state index in [9.17, 15) is 0 Å². The number of pyridine rings is 2. The Morgan fingerprint density at radius 2 is 1.19 bits per heavy atom. The Hall–Kier alpha value is -8.75. The molecule has 0 amide bonds. The van der Waals surface area contributed by atoms with E-state index in [-0.39, 0.29) is 10.8 Å². The fourth-order valence-corrected chi connectivity index (χ4v) is 9.95. The van der Waals surface area contributed by atoms with E-state index in [2.05, 4.69) is 245 Å². The molecule has 11 rings (SSSR count). The summed E-state index contributed by atoms with van der Waals surface area (Å²) >= 11 is 0. The van der Waals surface area contributed by atoms with Gasteiger partial charge in [0.2, 0.25) is 5.88 Å². The van der Waals surface area contributed by atoms with Crippen LogP contribution >= 0.6 is 0 Å². The van der Waals surface area contributed by atoms with Crippen LogP contribution in [0.25, 0.3) is 49.8 Å². The number of hydrogen-bond acceptors (Lipinski definition) is 7. The van der Waals surface area contributed by atoms with Gasteiger partial charge in [0, 0.05) is 59.5 Å². The zero-order valence-electron chi connectivity index (χ0n) is 43.4. The molecule has 0 saturated carbocycles. The third-order valence-electron chi connectivity index (χ3n) is 13.8. The standard InChI is InChI=1S/C65H59B2N7O/c1-64(2,3)46-27-30-57-53(39-46)50-29-28-49(43-60(50)74(57)61-40-47(31-38-70-61)65(4,5)6)75-62-42-48(41-56(71-62)45-19-8-7-9-20-45)72-44-73(59-26-11-10-25-58(59)72)63-51(54-23-17-36-68-34-14-12-32-66-54)21-16-22-52(63)55-24-18-37-69-35-15-13-33-67-55/h7-43,68-69H,44H2,1-6H3/b32-12-,33-13-,34-14-,35-15-,36-17-,37-18-,54-23-,55-24-. The van der Waals surface area contributed by atoms with E-state index in [1.54, 1.807) is 0 Å². The third kappa shape index (κ3) is 10.2. The van der Waals surface area contributed by atoms with Crippen molar-refractivity contribution in [1.82, 2.24) is 25.2 Å². The molecule has 0 spiro atoms. The monoisotopic (exact) mass is 975 g/mol. The normalized spacial score (nSPS) is 18.6. The molecule has 3 aromatic heterocycles. The van der Waals surface area contributed by atoms with Crippen LogP contribution in [-0.2, 0) is 10.8 Å². The average molecular weight is 976 g/mol. The molecule has 0 bridgehead atoms. The molecular weight excluding hydrogens is 916 g/mol. The highest BCUT2D eigenvalue weighted by molar-refractivity contribution is 6.67. The van der Waals surface area contributed by atoms with Gasteiger partial charge in [0.05, 0.1) is 39.5 Å². The Labute approximate surface area is 442 Å². The molecule has 10 heteroatoms. The number of aromatic nitrogens is 3. The molecule has 0 fully saturated rings. The summed E-state index contributed by atoms with van der Waals surface area (Å²) in [5, 5.41) is 8.79. The highest BCUT2D eigenvalue weighted by Gasteiger charge is 2.32. The van der Waals surface area contributed by atoms with Crippen molar-refractivity contribution in [2.45, 2.75) is 52.4 Å². The van der Waals surface area contributed by atoms with Gasteiger partial charge in [-0.15, -0.1) is 12.0 Å². The second-order valence-electron chi connectivity index (χ2n) is 21.0. The maximum Gasteiger partial charge on any atom is 0.221 e. The number of fused-ring (bicyclic) bond motifs is 4. The summed E-state index contributed by atoms with van der Waals surface area (Å²) in [5.74, 6) is 6.21. The van der Waals surface area contributed by atoms with Crippen LogP contribution in [-0.4, -0.2) is 35.8 Å². The number of rotatable bonds is 8. The van der Waals surface area contributed by atoms with Crippen molar-refractivity contribution >= 4 is 70.1 Å². The van der Waals surface area contributed by atoms with Crippen molar-refractivity contribution in [2.24, 2.45) is 0 Å². The summed E-state index contributed by atoms with van der Waals surface area (Å²) in [5.41, 5.74) is 14.8. The van der Waals surface area contributed by atoms with Crippen LogP contribution in [0.15, 0.2) is 225 Å². The first kappa shape index (κ1) is 48.5. The van der Waals surface area contributed by atoms with Gasteiger partial charge in [0.1, 0.15) is 18.2 Å². The lowest BCUT2D eigenvalue weighted by Crippen LogP contribution is -2.26. The van der Waals surface area contributed by atoms with E-state index >= 15 is 0 Å². The van der Waals surface area contributed by atoms with E-state index in [1.807, 2.05) is 61.4 Å². The molecule has 2 N–H and O–H groups in total. The van der Waals surface area contributed by atoms with Crippen molar-refractivity contribution in [3.8, 4) is 28.7 Å². The minimum Gasteiger partial charge on any atom is -0.439 e. The first-order valence-electron chi connectivity index (χ1n) is 25.7. The first-order valence-corrected chi connectivity index (χ1v) is 25.7. The van der Waals surface area contributed by atoms with E-state index in [0.717, 1.165) is 78.3 Å². The first-order chi connectivity index (χ1) is 36.5. The zero-order valence-corrected chi connectivity index (χ0v) is 43.4. The molecule has 0 saturated heterocycles. The zero-order chi connectivity index (χ0) is 51.5. The van der Waals surface area contributed by atoms with Gasteiger partial charge >= 0.3 is 0 Å². The van der Waals surface area contributed by atoms with Crippen molar-refractivity contribution in [3.63, 3.8) is 0 Å². The number of nitrogens with zero attached hydrogens (tertiary/aromatic N) is 5. The summed E-state index contributed by atoms with van der Waals surface area (Å²) in [6, 6.07) is 47.5. The Kier molecular flexibility index (Phi) is 13.3. The maximum absolute atomic E-state index is 7.02. The quantitative estimate of drug-likeness (QED) is 0.147. The lowest BCUT2D eigenvalue weighted by atomic mass is 9.63. The fourth-order valence-electron chi connectivity index (χ4n) is 9.95. The molecule has 0 unspecified atom stereocenters. The van der Waals surface area contributed by atoms with Crippen LogP contribution in [0.5, 0.6) is 11.6 Å². The molecule has 6 heterocycles. The lowest BCUT2D eigenvalue weighted by molar-refractivity contribution is 0.464. The predicted molar refractivity (Wildman–Crippen MR) is 316 cm³/mol. The number of ether oxygens (including phenoxy) is 1. The fraction of sp³-hybridized carbons (Fsp3) is 0.138. The Balaban J connectivity index is 1.05. The summed E-state index contributed by atoms with van der Waals surface area (Å²) in [7, 11) is 4.36. The van der Waals surface area contributed by atoms with Crippen molar-refractivity contribution in [3.05, 3.63) is 247 Å². The van der Waals surface area contributed by atoms with Crippen LogP contribution in [0, 0.1) is 0 Å². The Morgan fingerprint density at radius 3 is 1.87 bits per heavy atom. The molecule has 8 nitrogen and oxygen atoms in total. The van der Waals surface area contributed by atoms with Gasteiger partial charge in [0.25, 0.3) is 0 Å². The number of benzene rings is 5. The van der Waals surface area contributed by atoms with Gasteiger partial charge in [-0.3, -0.25) is 4.57 Å². The number of hydrogen-bond donors (Lipinski definition) is 2. The number of anilines is 4. The van der Waals surface area contributed by atoms with Crippen LogP contribution in [0.4, 0.5) is 22.7 Å². The molecule has 0 atom stereocenters. The van der Waals surface area contributed by atoms with Crippen LogP contribution in [0.3, 0.4) is 0 Å². The number of para-hydroxylation sites is 3. The van der Waals surface area contributed by atoms with Crippen molar-refractivity contribution in [1.29, 1.82) is 0 Å². The summed E-state index contributed by atoms with van der Waals surface area (Å²) in [6.45, 7) is 14.0. The molecule has 8 aromatic rings. The van der Waals surface area contributed by atoms with Gasteiger partial charge in [0.15, 0.2) is 14.6 Å². The summed E-state index contributed by atoms with van der Waals surface area (Å²) in [6.07, 6.45) is 26.2. The molecule has 3 aliphatic heterocycles. The van der Waals surface area contributed by atoms with E-state index in [0.29, 0.717) is 18.3 Å². The van der Waals surface area contributed by atoms with Crippen LogP contribution in [0.2, 0.25) is 0 Å². The number of nitrogens with one attached hydrogen (secondary N) is 2. The molecule has 0 aliphatic carbocycles. The highest BCUT2D eigenvalue weighted by Crippen LogP contribution is 2.49. The largest absolute Gasteiger partial charge is 0.439 e. The average Bonchev–Trinajstić information content (AvgIpc) is 3.97. The summed E-state index contributed by atoms with van der Waals surface area (Å²) in [4.78, 5) is 15.1. The minimum absolute atomic E-state index is 0.0229. The Morgan fingerprint density at radius 1 is 0.547 bits per heavy atom. The highest BCUT2D eigenvalue weighted by atomic mass is 16.5. The smallest absolute Gasteiger partial charge is 0.221 e. The third-order valence-corrected chi connectivity index (χ3v) is 13.8. The molecule has 3 aliphatic rings. The minimum atomic E-state index is -0.0565. The number of allylic oxidation sites excluding steroid dienone is 8. The van der Waals surface area contributed by atoms with Gasteiger partial charge in [-0.1, -0.05) is 144 Å². The second kappa shape index (κ2) is 20.6.